The van der Waals surface area contributed by atoms with Gasteiger partial charge in [-0.1, -0.05) is 6.92 Å². The molecule has 1 atom stereocenters. The normalized spacial score (nSPS) is 13.0. The highest BCUT2D eigenvalue weighted by molar-refractivity contribution is 7.10. The summed E-state index contributed by atoms with van der Waals surface area (Å²) in [6.07, 6.45) is 0. The van der Waals surface area contributed by atoms with Crippen LogP contribution in [-0.2, 0) is 7.05 Å². The van der Waals surface area contributed by atoms with E-state index in [0.717, 1.165) is 27.7 Å². The molecule has 2 aromatic heterocycles. The minimum atomic E-state index is 0.325. The second-order valence-electron chi connectivity index (χ2n) is 4.38. The van der Waals surface area contributed by atoms with Crippen molar-refractivity contribution in [2.24, 2.45) is 12.8 Å². The SMILES string of the molecule is Cc1nn(C)c(C)c1-c1csc(C(C)CN)n1. The van der Waals surface area contributed by atoms with Gasteiger partial charge in [-0.2, -0.15) is 5.10 Å². The van der Waals surface area contributed by atoms with Crippen molar-refractivity contribution < 1.29 is 0 Å². The van der Waals surface area contributed by atoms with Crippen LogP contribution in [0.5, 0.6) is 0 Å². The monoisotopic (exact) mass is 250 g/mol. The molecule has 1 unspecified atom stereocenters. The topological polar surface area (TPSA) is 56.7 Å². The summed E-state index contributed by atoms with van der Waals surface area (Å²) in [5.41, 5.74) is 10.0. The Balaban J connectivity index is 2.43. The number of thiazole rings is 1. The number of aromatic nitrogens is 3. The van der Waals surface area contributed by atoms with E-state index in [9.17, 15) is 0 Å². The zero-order valence-electron chi connectivity index (χ0n) is 10.7. The molecule has 0 fully saturated rings. The molecule has 2 N–H and O–H groups in total. The van der Waals surface area contributed by atoms with Gasteiger partial charge in [0, 0.05) is 36.1 Å². The van der Waals surface area contributed by atoms with Crippen LogP contribution >= 0.6 is 11.3 Å². The molecular formula is C12H18N4S. The van der Waals surface area contributed by atoms with Crippen LogP contribution in [0.1, 0.15) is 29.2 Å². The van der Waals surface area contributed by atoms with Crippen molar-refractivity contribution in [1.82, 2.24) is 14.8 Å². The maximum atomic E-state index is 5.67. The Hall–Kier alpha value is -1.20. The zero-order chi connectivity index (χ0) is 12.6. The Labute approximate surface area is 105 Å². The molecule has 0 bridgehead atoms. The van der Waals surface area contributed by atoms with Gasteiger partial charge >= 0.3 is 0 Å². The van der Waals surface area contributed by atoms with Gasteiger partial charge in [-0.15, -0.1) is 11.3 Å². The lowest BCUT2D eigenvalue weighted by atomic mass is 10.1. The molecule has 5 heteroatoms. The molecule has 2 aromatic rings. The molecular weight excluding hydrogens is 232 g/mol. The molecule has 2 rings (SSSR count). The highest BCUT2D eigenvalue weighted by Gasteiger charge is 2.16. The second-order valence-corrected chi connectivity index (χ2v) is 5.27. The van der Waals surface area contributed by atoms with E-state index in [-0.39, 0.29) is 0 Å². The smallest absolute Gasteiger partial charge is 0.0973 e. The Morgan fingerprint density at radius 3 is 2.71 bits per heavy atom. The van der Waals surface area contributed by atoms with Gasteiger partial charge in [-0.05, 0) is 13.8 Å². The average Bonchev–Trinajstić information content (AvgIpc) is 2.85. The van der Waals surface area contributed by atoms with Crippen LogP contribution in [0.4, 0.5) is 0 Å². The van der Waals surface area contributed by atoms with Gasteiger partial charge in [0.2, 0.25) is 0 Å². The minimum Gasteiger partial charge on any atom is -0.330 e. The molecule has 2 heterocycles. The number of rotatable bonds is 3. The standard InChI is InChI=1S/C12H18N4S/c1-7(5-13)12-14-10(6-17-12)11-8(2)15-16(4)9(11)3/h6-7H,5,13H2,1-4H3. The second kappa shape index (κ2) is 4.58. The van der Waals surface area contributed by atoms with Crippen LogP contribution in [0.2, 0.25) is 0 Å². The molecule has 0 amide bonds. The first-order valence-electron chi connectivity index (χ1n) is 5.70. The van der Waals surface area contributed by atoms with Crippen molar-refractivity contribution in [3.8, 4) is 11.3 Å². The van der Waals surface area contributed by atoms with Crippen LogP contribution in [0.3, 0.4) is 0 Å². The quantitative estimate of drug-likeness (QED) is 0.908. The van der Waals surface area contributed by atoms with Crippen molar-refractivity contribution >= 4 is 11.3 Å². The predicted octanol–water partition coefficient (Wildman–Crippen LogP) is 2.22. The van der Waals surface area contributed by atoms with E-state index < -0.39 is 0 Å². The number of hydrogen-bond donors (Lipinski definition) is 1. The first kappa shape index (κ1) is 12.3. The number of nitrogens with zero attached hydrogens (tertiary/aromatic N) is 3. The van der Waals surface area contributed by atoms with Crippen molar-refractivity contribution in [3.63, 3.8) is 0 Å². The first-order valence-corrected chi connectivity index (χ1v) is 6.58. The van der Waals surface area contributed by atoms with E-state index >= 15 is 0 Å². The first-order chi connectivity index (χ1) is 8.04. The summed E-state index contributed by atoms with van der Waals surface area (Å²) < 4.78 is 1.90. The lowest BCUT2D eigenvalue weighted by Crippen LogP contribution is -2.08. The van der Waals surface area contributed by atoms with E-state index in [0.29, 0.717) is 12.5 Å². The third-order valence-corrected chi connectivity index (χ3v) is 4.14. The highest BCUT2D eigenvalue weighted by atomic mass is 32.1. The van der Waals surface area contributed by atoms with Gasteiger partial charge in [0.25, 0.3) is 0 Å². The number of hydrogen-bond acceptors (Lipinski definition) is 4. The summed E-state index contributed by atoms with van der Waals surface area (Å²) >= 11 is 1.68. The van der Waals surface area contributed by atoms with Crippen molar-refractivity contribution in [2.45, 2.75) is 26.7 Å². The molecule has 0 aliphatic rings. The molecule has 0 aromatic carbocycles. The van der Waals surface area contributed by atoms with E-state index in [1.165, 1.54) is 0 Å². The Bertz CT molecular complexity index is 527. The van der Waals surface area contributed by atoms with Crippen LogP contribution in [0.15, 0.2) is 5.38 Å². The minimum absolute atomic E-state index is 0.325. The van der Waals surface area contributed by atoms with Crippen molar-refractivity contribution in [1.29, 1.82) is 0 Å². The van der Waals surface area contributed by atoms with Gasteiger partial charge in [0.1, 0.15) is 0 Å². The summed E-state index contributed by atoms with van der Waals surface area (Å²) in [6.45, 7) is 6.83. The fraction of sp³-hybridized carbons (Fsp3) is 0.500. The molecule has 0 aliphatic heterocycles. The summed E-state index contributed by atoms with van der Waals surface area (Å²) in [4.78, 5) is 4.67. The van der Waals surface area contributed by atoms with Crippen molar-refractivity contribution in [3.05, 3.63) is 21.8 Å². The Morgan fingerprint density at radius 1 is 1.47 bits per heavy atom. The highest BCUT2D eigenvalue weighted by Crippen LogP contribution is 2.29. The third kappa shape index (κ3) is 2.12. The van der Waals surface area contributed by atoms with Crippen LogP contribution in [0, 0.1) is 13.8 Å². The Morgan fingerprint density at radius 2 is 2.18 bits per heavy atom. The maximum Gasteiger partial charge on any atom is 0.0973 e. The molecule has 0 radical (unpaired) electrons. The van der Waals surface area contributed by atoms with Crippen LogP contribution in [0.25, 0.3) is 11.3 Å². The lowest BCUT2D eigenvalue weighted by Gasteiger charge is -2.02. The summed E-state index contributed by atoms with van der Waals surface area (Å²) in [6, 6.07) is 0. The van der Waals surface area contributed by atoms with Gasteiger partial charge in [0.15, 0.2) is 0 Å². The molecule has 4 nitrogen and oxygen atoms in total. The molecule has 92 valence electrons. The molecule has 0 aliphatic carbocycles. The van der Waals surface area contributed by atoms with Gasteiger partial charge in [0.05, 0.1) is 16.4 Å². The predicted molar refractivity (Wildman–Crippen MR) is 71.3 cm³/mol. The van der Waals surface area contributed by atoms with E-state index in [1.54, 1.807) is 11.3 Å². The van der Waals surface area contributed by atoms with E-state index in [1.807, 2.05) is 18.7 Å². The fourth-order valence-electron chi connectivity index (χ4n) is 1.87. The van der Waals surface area contributed by atoms with E-state index in [2.05, 4.69) is 29.3 Å². The zero-order valence-corrected chi connectivity index (χ0v) is 11.5. The maximum absolute atomic E-state index is 5.67. The average molecular weight is 250 g/mol. The van der Waals surface area contributed by atoms with Gasteiger partial charge < -0.3 is 5.73 Å². The van der Waals surface area contributed by atoms with E-state index in [4.69, 9.17) is 5.73 Å². The third-order valence-electron chi connectivity index (χ3n) is 3.06. The summed E-state index contributed by atoms with van der Waals surface area (Å²) in [5.74, 6) is 0.325. The fourth-order valence-corrected chi connectivity index (χ4v) is 2.76. The lowest BCUT2D eigenvalue weighted by molar-refractivity contribution is 0.731. The van der Waals surface area contributed by atoms with Gasteiger partial charge in [-0.3, -0.25) is 4.68 Å². The molecule has 17 heavy (non-hydrogen) atoms. The Kier molecular flexibility index (Phi) is 3.31. The molecule has 0 spiro atoms. The summed E-state index contributed by atoms with van der Waals surface area (Å²) in [7, 11) is 1.96. The molecule has 0 saturated heterocycles. The number of nitrogens with two attached hydrogens (primary N) is 1. The number of aryl methyl sites for hydroxylation is 2. The van der Waals surface area contributed by atoms with Crippen LogP contribution < -0.4 is 5.73 Å². The largest absolute Gasteiger partial charge is 0.330 e. The van der Waals surface area contributed by atoms with Crippen molar-refractivity contribution in [2.75, 3.05) is 6.54 Å². The molecule has 0 saturated carbocycles. The van der Waals surface area contributed by atoms with Crippen LogP contribution in [-0.4, -0.2) is 21.3 Å². The summed E-state index contributed by atoms with van der Waals surface area (Å²) in [5, 5.41) is 7.62. The van der Waals surface area contributed by atoms with Gasteiger partial charge in [-0.25, -0.2) is 4.98 Å².